The van der Waals surface area contributed by atoms with Crippen LogP contribution in [0.5, 0.6) is 0 Å². The Bertz CT molecular complexity index is 791. The number of rotatable bonds is 6. The van der Waals surface area contributed by atoms with Crippen LogP contribution in [0, 0.1) is 0 Å². The lowest BCUT2D eigenvalue weighted by molar-refractivity contribution is -0.128. The highest BCUT2D eigenvalue weighted by atomic mass is 16.2. The van der Waals surface area contributed by atoms with Gasteiger partial charge in [-0.1, -0.05) is 48.5 Å². The van der Waals surface area contributed by atoms with Gasteiger partial charge in [-0.05, 0) is 50.4 Å². The number of nitrogens with zero attached hydrogens (tertiary/aromatic N) is 1. The minimum absolute atomic E-state index is 0.0347. The molecule has 0 fully saturated rings. The van der Waals surface area contributed by atoms with Crippen molar-refractivity contribution in [2.75, 3.05) is 18.5 Å². The maximum atomic E-state index is 13.3. The summed E-state index contributed by atoms with van der Waals surface area (Å²) < 4.78 is 0. The normalized spacial score (nSPS) is 17.8. The number of carbonyl (C=O) groups excluding carboxylic acids is 2. The summed E-state index contributed by atoms with van der Waals surface area (Å²) in [5, 5.41) is 5.85. The average molecular weight is 365 g/mol. The Kier molecular flexibility index (Phi) is 6.24. The van der Waals surface area contributed by atoms with Crippen molar-refractivity contribution in [1.82, 2.24) is 10.6 Å². The zero-order chi connectivity index (χ0) is 19.2. The molecule has 1 aliphatic rings. The molecule has 2 atom stereocenters. The number of anilines is 1. The SMILES string of the molecule is CN[C@@H](C)C(=O)N[C@H]1CCc2ccccc2N(CCc2ccccc2)C1=O. The molecule has 5 nitrogen and oxygen atoms in total. The van der Waals surface area contributed by atoms with Crippen LogP contribution in [0.25, 0.3) is 0 Å². The van der Waals surface area contributed by atoms with Gasteiger partial charge < -0.3 is 15.5 Å². The maximum Gasteiger partial charge on any atom is 0.249 e. The smallest absolute Gasteiger partial charge is 0.249 e. The first-order valence-electron chi connectivity index (χ1n) is 9.51. The molecule has 2 aromatic carbocycles. The largest absolute Gasteiger partial charge is 0.343 e. The molecule has 0 radical (unpaired) electrons. The molecule has 0 spiro atoms. The summed E-state index contributed by atoms with van der Waals surface area (Å²) in [5.41, 5.74) is 3.30. The average Bonchev–Trinajstić information content (AvgIpc) is 2.83. The third kappa shape index (κ3) is 4.55. The fourth-order valence-corrected chi connectivity index (χ4v) is 3.39. The molecule has 142 valence electrons. The van der Waals surface area contributed by atoms with Crippen LogP contribution in [0.2, 0.25) is 0 Å². The van der Waals surface area contributed by atoms with Crippen LogP contribution in [-0.4, -0.2) is 37.5 Å². The van der Waals surface area contributed by atoms with Gasteiger partial charge in [0, 0.05) is 12.2 Å². The summed E-state index contributed by atoms with van der Waals surface area (Å²) in [7, 11) is 1.74. The minimum Gasteiger partial charge on any atom is -0.343 e. The van der Waals surface area contributed by atoms with Crippen LogP contribution in [0.1, 0.15) is 24.5 Å². The highest BCUT2D eigenvalue weighted by Gasteiger charge is 2.31. The highest BCUT2D eigenvalue weighted by molar-refractivity contribution is 6.00. The second-order valence-electron chi connectivity index (χ2n) is 6.96. The summed E-state index contributed by atoms with van der Waals surface area (Å²) in [6, 6.07) is 17.3. The number of hydrogen-bond donors (Lipinski definition) is 2. The fourth-order valence-electron chi connectivity index (χ4n) is 3.39. The number of hydrogen-bond acceptors (Lipinski definition) is 3. The third-order valence-corrected chi connectivity index (χ3v) is 5.16. The van der Waals surface area contributed by atoms with Gasteiger partial charge in [0.25, 0.3) is 0 Å². The number of aryl methyl sites for hydroxylation is 1. The molecular formula is C22H27N3O2. The number of likely N-dealkylation sites (N-methyl/N-ethyl adjacent to an activating group) is 1. The first-order chi connectivity index (χ1) is 13.1. The van der Waals surface area contributed by atoms with E-state index in [0.717, 1.165) is 24.1 Å². The zero-order valence-corrected chi connectivity index (χ0v) is 15.9. The molecule has 2 amide bonds. The zero-order valence-electron chi connectivity index (χ0n) is 15.9. The number of benzene rings is 2. The second-order valence-corrected chi connectivity index (χ2v) is 6.96. The number of fused-ring (bicyclic) bond motifs is 1. The van der Waals surface area contributed by atoms with E-state index in [2.05, 4.69) is 28.8 Å². The van der Waals surface area contributed by atoms with Crippen LogP contribution < -0.4 is 15.5 Å². The molecule has 1 heterocycles. The lowest BCUT2D eigenvalue weighted by Gasteiger charge is -2.27. The molecule has 0 saturated heterocycles. The van der Waals surface area contributed by atoms with E-state index in [1.165, 1.54) is 5.56 Å². The van der Waals surface area contributed by atoms with E-state index in [1.807, 2.05) is 41.3 Å². The van der Waals surface area contributed by atoms with Gasteiger partial charge in [-0.25, -0.2) is 0 Å². The Morgan fingerprint density at radius 1 is 1.15 bits per heavy atom. The molecule has 1 aliphatic heterocycles. The first-order valence-corrected chi connectivity index (χ1v) is 9.51. The molecule has 0 unspecified atom stereocenters. The summed E-state index contributed by atoms with van der Waals surface area (Å²) in [5.74, 6) is -0.183. The van der Waals surface area contributed by atoms with Crippen LogP contribution in [0.3, 0.4) is 0 Å². The van der Waals surface area contributed by atoms with E-state index in [0.29, 0.717) is 13.0 Å². The van der Waals surface area contributed by atoms with Gasteiger partial charge in [-0.15, -0.1) is 0 Å². The predicted molar refractivity (Wildman–Crippen MR) is 108 cm³/mol. The van der Waals surface area contributed by atoms with E-state index in [1.54, 1.807) is 14.0 Å². The Morgan fingerprint density at radius 2 is 1.85 bits per heavy atom. The number of para-hydroxylation sites is 1. The van der Waals surface area contributed by atoms with E-state index in [-0.39, 0.29) is 17.9 Å². The van der Waals surface area contributed by atoms with E-state index >= 15 is 0 Å². The van der Waals surface area contributed by atoms with Gasteiger partial charge in [0.2, 0.25) is 11.8 Å². The summed E-state index contributed by atoms with van der Waals surface area (Å²) in [6.07, 6.45) is 2.15. The molecular weight excluding hydrogens is 338 g/mol. The van der Waals surface area contributed by atoms with Gasteiger partial charge in [0.15, 0.2) is 0 Å². The Balaban J connectivity index is 1.82. The van der Waals surface area contributed by atoms with Crippen molar-refractivity contribution in [3.8, 4) is 0 Å². The topological polar surface area (TPSA) is 61.4 Å². The van der Waals surface area contributed by atoms with Gasteiger partial charge in [0.1, 0.15) is 6.04 Å². The lowest BCUT2D eigenvalue weighted by atomic mass is 10.1. The molecule has 5 heteroatoms. The van der Waals surface area contributed by atoms with Crippen molar-refractivity contribution in [2.24, 2.45) is 0 Å². The highest BCUT2D eigenvalue weighted by Crippen LogP contribution is 2.27. The van der Waals surface area contributed by atoms with Crippen molar-refractivity contribution >= 4 is 17.5 Å². The van der Waals surface area contributed by atoms with Gasteiger partial charge in [0.05, 0.1) is 6.04 Å². The second kappa shape index (κ2) is 8.82. The minimum atomic E-state index is -0.503. The predicted octanol–water partition coefficient (Wildman–Crippen LogP) is 2.30. The Hall–Kier alpha value is -2.66. The third-order valence-electron chi connectivity index (χ3n) is 5.16. The maximum absolute atomic E-state index is 13.3. The number of carbonyl (C=O) groups is 2. The Labute approximate surface area is 160 Å². The van der Waals surface area contributed by atoms with Crippen molar-refractivity contribution in [3.05, 3.63) is 65.7 Å². The quantitative estimate of drug-likeness (QED) is 0.826. The molecule has 0 bridgehead atoms. The monoisotopic (exact) mass is 365 g/mol. The van der Waals surface area contributed by atoms with Gasteiger partial charge in [-0.2, -0.15) is 0 Å². The van der Waals surface area contributed by atoms with E-state index < -0.39 is 6.04 Å². The van der Waals surface area contributed by atoms with Crippen molar-refractivity contribution < 1.29 is 9.59 Å². The van der Waals surface area contributed by atoms with Crippen LogP contribution in [0.15, 0.2) is 54.6 Å². The summed E-state index contributed by atoms with van der Waals surface area (Å²) in [6.45, 7) is 2.38. The lowest BCUT2D eigenvalue weighted by Crippen LogP contribution is -2.52. The number of nitrogens with one attached hydrogen (secondary N) is 2. The first kappa shape index (κ1) is 19.1. The van der Waals surface area contributed by atoms with E-state index in [4.69, 9.17) is 0 Å². The van der Waals surface area contributed by atoms with Crippen molar-refractivity contribution in [1.29, 1.82) is 0 Å². The van der Waals surface area contributed by atoms with Gasteiger partial charge in [-0.3, -0.25) is 9.59 Å². The van der Waals surface area contributed by atoms with Crippen LogP contribution >= 0.6 is 0 Å². The Morgan fingerprint density at radius 3 is 2.59 bits per heavy atom. The van der Waals surface area contributed by atoms with Crippen molar-refractivity contribution in [3.63, 3.8) is 0 Å². The summed E-state index contributed by atoms with van der Waals surface area (Å²) in [4.78, 5) is 27.4. The molecule has 27 heavy (non-hydrogen) atoms. The fraction of sp³-hybridized carbons (Fsp3) is 0.364. The van der Waals surface area contributed by atoms with Crippen molar-refractivity contribution in [2.45, 2.75) is 38.3 Å². The summed E-state index contributed by atoms with van der Waals surface area (Å²) >= 11 is 0. The standard InChI is InChI=1S/C22H27N3O2/c1-16(23-2)21(26)24-19-13-12-18-10-6-7-11-20(18)25(22(19)27)15-14-17-8-4-3-5-9-17/h3-11,16,19,23H,12-15H2,1-2H3,(H,24,26)/t16-,19-/m0/s1. The molecule has 2 N–H and O–H groups in total. The van der Waals surface area contributed by atoms with Crippen LogP contribution in [0.4, 0.5) is 5.69 Å². The molecule has 2 aromatic rings. The van der Waals surface area contributed by atoms with E-state index in [9.17, 15) is 9.59 Å². The molecule has 0 aromatic heterocycles. The van der Waals surface area contributed by atoms with Crippen LogP contribution in [-0.2, 0) is 22.4 Å². The number of amides is 2. The van der Waals surface area contributed by atoms with Gasteiger partial charge >= 0.3 is 0 Å². The molecule has 0 saturated carbocycles. The molecule has 0 aliphatic carbocycles. The molecule has 3 rings (SSSR count).